The van der Waals surface area contributed by atoms with Crippen molar-refractivity contribution in [2.45, 2.75) is 25.6 Å². The third-order valence-corrected chi connectivity index (χ3v) is 4.06. The molecule has 1 aliphatic heterocycles. The largest absolute Gasteiger partial charge is 0.445 e. The van der Waals surface area contributed by atoms with E-state index in [0.717, 1.165) is 16.7 Å². The zero-order valence-electron chi connectivity index (χ0n) is 12.6. The average Bonchev–Trinajstić information content (AvgIpc) is 2.59. The number of rotatable bonds is 3. The molecule has 3 rings (SSSR count). The van der Waals surface area contributed by atoms with Gasteiger partial charge >= 0.3 is 6.09 Å². The molecule has 1 N–H and O–H groups in total. The Balaban J connectivity index is 1.70. The van der Waals surface area contributed by atoms with Crippen LogP contribution in [0.4, 0.5) is 9.18 Å². The number of fused-ring (bicyclic) bond motifs is 1. The molecule has 1 amide bonds. The summed E-state index contributed by atoms with van der Waals surface area (Å²) >= 11 is 0. The van der Waals surface area contributed by atoms with Crippen molar-refractivity contribution in [1.82, 2.24) is 4.90 Å². The fraction of sp³-hybridized carbons (Fsp3) is 0.278. The van der Waals surface area contributed by atoms with Crippen molar-refractivity contribution in [1.29, 1.82) is 0 Å². The molecule has 2 aromatic rings. The lowest BCUT2D eigenvalue weighted by atomic mass is 9.94. The van der Waals surface area contributed by atoms with E-state index < -0.39 is 12.1 Å². The number of carbonyl (C=O) groups excluding carboxylic acids is 1. The van der Waals surface area contributed by atoms with Crippen molar-refractivity contribution >= 4 is 6.09 Å². The van der Waals surface area contributed by atoms with Crippen molar-refractivity contribution < 1.29 is 19.0 Å². The van der Waals surface area contributed by atoms with E-state index in [1.807, 2.05) is 30.3 Å². The van der Waals surface area contributed by atoms with Gasteiger partial charge in [0.05, 0.1) is 12.6 Å². The highest BCUT2D eigenvalue weighted by molar-refractivity contribution is 5.68. The number of carbonyl (C=O) groups is 1. The van der Waals surface area contributed by atoms with E-state index in [1.165, 1.54) is 17.0 Å². The summed E-state index contributed by atoms with van der Waals surface area (Å²) in [6.45, 7) is 0.315. The minimum absolute atomic E-state index is 0.184. The standard InChI is InChI=1S/C18H18FNO3/c19-16-7-6-14-10-20(17(11-21)9-15(14)8-16)18(22)23-12-13-4-2-1-3-5-13/h1-8,17,21H,9-12H2/t17-/m0/s1. The molecule has 0 spiro atoms. The van der Waals surface area contributed by atoms with E-state index >= 15 is 0 Å². The fourth-order valence-electron chi connectivity index (χ4n) is 2.79. The number of benzene rings is 2. The second-order valence-corrected chi connectivity index (χ2v) is 5.62. The van der Waals surface area contributed by atoms with Gasteiger partial charge in [0.25, 0.3) is 0 Å². The first-order valence-corrected chi connectivity index (χ1v) is 7.53. The first kappa shape index (κ1) is 15.5. The quantitative estimate of drug-likeness (QED) is 0.947. The number of amides is 1. The van der Waals surface area contributed by atoms with Crippen molar-refractivity contribution in [2.75, 3.05) is 6.61 Å². The smallest absolute Gasteiger partial charge is 0.410 e. The summed E-state index contributed by atoms with van der Waals surface area (Å²) < 4.78 is 18.7. The van der Waals surface area contributed by atoms with Crippen LogP contribution < -0.4 is 0 Å². The van der Waals surface area contributed by atoms with Crippen LogP contribution in [0.3, 0.4) is 0 Å². The Morgan fingerprint density at radius 1 is 1.22 bits per heavy atom. The molecular formula is C18H18FNO3. The highest BCUT2D eigenvalue weighted by atomic mass is 19.1. The monoisotopic (exact) mass is 315 g/mol. The van der Waals surface area contributed by atoms with E-state index in [9.17, 15) is 14.3 Å². The maximum Gasteiger partial charge on any atom is 0.410 e. The van der Waals surface area contributed by atoms with Gasteiger partial charge in [-0.3, -0.25) is 4.90 Å². The zero-order chi connectivity index (χ0) is 16.2. The van der Waals surface area contributed by atoms with Crippen LogP contribution in [-0.2, 0) is 24.3 Å². The van der Waals surface area contributed by atoms with Gasteiger partial charge in [-0.1, -0.05) is 36.4 Å². The van der Waals surface area contributed by atoms with E-state index in [4.69, 9.17) is 4.74 Å². The molecule has 5 heteroatoms. The molecule has 4 nitrogen and oxygen atoms in total. The molecule has 1 atom stereocenters. The molecule has 23 heavy (non-hydrogen) atoms. The Morgan fingerprint density at radius 3 is 2.74 bits per heavy atom. The van der Waals surface area contributed by atoms with Gasteiger partial charge in [-0.05, 0) is 35.2 Å². The third kappa shape index (κ3) is 3.51. The van der Waals surface area contributed by atoms with Gasteiger partial charge in [-0.2, -0.15) is 0 Å². The third-order valence-electron chi connectivity index (χ3n) is 4.06. The number of nitrogens with zero attached hydrogens (tertiary/aromatic N) is 1. The molecular weight excluding hydrogens is 297 g/mol. The SMILES string of the molecule is O=C(OCc1ccccc1)N1Cc2ccc(F)cc2C[C@H]1CO. The Morgan fingerprint density at radius 2 is 2.00 bits per heavy atom. The Hall–Kier alpha value is -2.40. The van der Waals surface area contributed by atoms with Gasteiger partial charge in [0.15, 0.2) is 0 Å². The van der Waals surface area contributed by atoms with Crippen molar-refractivity contribution in [3.05, 3.63) is 71.0 Å². The van der Waals surface area contributed by atoms with E-state index in [1.54, 1.807) is 6.07 Å². The van der Waals surface area contributed by atoms with Gasteiger partial charge < -0.3 is 9.84 Å². The summed E-state index contributed by atoms with van der Waals surface area (Å²) in [5, 5.41) is 9.55. The van der Waals surface area contributed by atoms with Gasteiger partial charge in [0.1, 0.15) is 12.4 Å². The summed E-state index contributed by atoms with van der Waals surface area (Å²) in [7, 11) is 0. The highest BCUT2D eigenvalue weighted by Gasteiger charge is 2.30. The molecule has 0 fully saturated rings. The molecule has 0 unspecified atom stereocenters. The van der Waals surface area contributed by atoms with Crippen LogP contribution in [-0.4, -0.2) is 28.7 Å². The van der Waals surface area contributed by atoms with Crippen LogP contribution in [0, 0.1) is 5.82 Å². The summed E-state index contributed by atoms with van der Waals surface area (Å²) in [6.07, 6.45) is -0.0489. The van der Waals surface area contributed by atoms with Gasteiger partial charge in [0.2, 0.25) is 0 Å². The maximum atomic E-state index is 13.3. The van der Waals surface area contributed by atoms with E-state index in [2.05, 4.69) is 0 Å². The Bertz CT molecular complexity index is 690. The molecule has 1 heterocycles. The highest BCUT2D eigenvalue weighted by Crippen LogP contribution is 2.25. The summed E-state index contributed by atoms with van der Waals surface area (Å²) in [6, 6.07) is 13.5. The zero-order valence-corrected chi connectivity index (χ0v) is 12.6. The predicted octanol–water partition coefficient (Wildman–Crippen LogP) is 2.88. The first-order valence-electron chi connectivity index (χ1n) is 7.53. The second kappa shape index (κ2) is 6.79. The number of hydrogen-bond donors (Lipinski definition) is 1. The molecule has 1 aliphatic rings. The summed E-state index contributed by atoms with van der Waals surface area (Å²) in [5.41, 5.74) is 2.62. The minimum atomic E-state index is -0.470. The van der Waals surface area contributed by atoms with Crippen LogP contribution in [0.1, 0.15) is 16.7 Å². The first-order chi connectivity index (χ1) is 11.2. The fourth-order valence-corrected chi connectivity index (χ4v) is 2.79. The molecule has 2 aromatic carbocycles. The second-order valence-electron chi connectivity index (χ2n) is 5.62. The lowest BCUT2D eigenvalue weighted by Crippen LogP contribution is -2.46. The number of aliphatic hydroxyl groups excluding tert-OH is 1. The van der Waals surface area contributed by atoms with Crippen molar-refractivity contribution in [2.24, 2.45) is 0 Å². The molecule has 0 saturated carbocycles. The van der Waals surface area contributed by atoms with E-state index in [0.29, 0.717) is 13.0 Å². The average molecular weight is 315 g/mol. The number of halogens is 1. The number of ether oxygens (including phenoxy) is 1. The normalized spacial score (nSPS) is 16.8. The Labute approximate surface area is 134 Å². The molecule has 0 radical (unpaired) electrons. The van der Waals surface area contributed by atoms with Crippen LogP contribution in [0.2, 0.25) is 0 Å². The molecule has 0 aliphatic carbocycles. The van der Waals surface area contributed by atoms with Crippen LogP contribution in [0.5, 0.6) is 0 Å². The molecule has 120 valence electrons. The lowest BCUT2D eigenvalue weighted by Gasteiger charge is -2.35. The van der Waals surface area contributed by atoms with Crippen LogP contribution in [0.25, 0.3) is 0 Å². The molecule has 0 saturated heterocycles. The van der Waals surface area contributed by atoms with Crippen LogP contribution in [0.15, 0.2) is 48.5 Å². The van der Waals surface area contributed by atoms with Crippen molar-refractivity contribution in [3.8, 4) is 0 Å². The Kier molecular flexibility index (Phi) is 4.57. The van der Waals surface area contributed by atoms with Gasteiger partial charge in [0, 0.05) is 6.54 Å². The summed E-state index contributed by atoms with van der Waals surface area (Å²) in [4.78, 5) is 13.8. The topological polar surface area (TPSA) is 49.8 Å². The number of hydrogen-bond acceptors (Lipinski definition) is 3. The maximum absolute atomic E-state index is 13.3. The van der Waals surface area contributed by atoms with Crippen LogP contribution >= 0.6 is 0 Å². The minimum Gasteiger partial charge on any atom is -0.445 e. The van der Waals surface area contributed by atoms with E-state index in [-0.39, 0.29) is 19.0 Å². The number of aliphatic hydroxyl groups is 1. The van der Waals surface area contributed by atoms with Gasteiger partial charge in [-0.15, -0.1) is 0 Å². The predicted molar refractivity (Wildman–Crippen MR) is 83.1 cm³/mol. The lowest BCUT2D eigenvalue weighted by molar-refractivity contribution is 0.0563. The molecule has 0 aromatic heterocycles. The van der Waals surface area contributed by atoms with Gasteiger partial charge in [-0.25, -0.2) is 9.18 Å². The van der Waals surface area contributed by atoms with Crippen molar-refractivity contribution in [3.63, 3.8) is 0 Å². The molecule has 0 bridgehead atoms. The summed E-state index contributed by atoms with van der Waals surface area (Å²) in [5.74, 6) is -0.305.